The van der Waals surface area contributed by atoms with Crippen molar-refractivity contribution in [3.63, 3.8) is 0 Å². The maximum absolute atomic E-state index is 2.43. The van der Waals surface area contributed by atoms with Crippen molar-refractivity contribution in [3.8, 4) is 66.8 Å². The van der Waals surface area contributed by atoms with Crippen molar-refractivity contribution in [2.24, 2.45) is 0 Å². The zero-order valence-corrected chi connectivity index (χ0v) is 37.1. The molecule has 0 bridgehead atoms. The molecule has 0 spiro atoms. The lowest BCUT2D eigenvalue weighted by Crippen LogP contribution is -2.16. The third-order valence-corrected chi connectivity index (χ3v) is 13.9. The fourth-order valence-corrected chi connectivity index (χ4v) is 10.3. The second-order valence-electron chi connectivity index (χ2n) is 18.2. The SMILES string of the molecule is CC1(C)c2cc(-c3ccc4ccccc4c3)ccc2-c2ccc(N(c3ccc(-c4ccc(-c5ccccc5)cc4)cc3)c3ccc(-c4ccc(-c5cccc6ccccc56)cc4)cc3)cc21. The smallest absolute Gasteiger partial charge is 0.0465 e. The van der Waals surface area contributed by atoms with Gasteiger partial charge in [0.2, 0.25) is 0 Å². The van der Waals surface area contributed by atoms with Crippen LogP contribution in [0.3, 0.4) is 0 Å². The molecule has 12 rings (SSSR count). The zero-order valence-electron chi connectivity index (χ0n) is 37.1. The monoisotopic (exact) mass is 841 g/mol. The first-order chi connectivity index (χ1) is 32.4. The Balaban J connectivity index is 0.896. The maximum Gasteiger partial charge on any atom is 0.0465 e. The zero-order chi connectivity index (χ0) is 44.2. The maximum atomic E-state index is 2.43. The molecule has 1 nitrogen and oxygen atoms in total. The van der Waals surface area contributed by atoms with Crippen molar-refractivity contribution in [2.75, 3.05) is 4.90 Å². The second-order valence-corrected chi connectivity index (χ2v) is 18.2. The lowest BCUT2D eigenvalue weighted by Gasteiger charge is -2.28. The highest BCUT2D eigenvalue weighted by molar-refractivity contribution is 5.97. The van der Waals surface area contributed by atoms with Gasteiger partial charge < -0.3 is 4.90 Å². The summed E-state index contributed by atoms with van der Waals surface area (Å²) < 4.78 is 0. The fraction of sp³-hybridized carbons (Fsp3) is 0.0462. The van der Waals surface area contributed by atoms with Crippen LogP contribution in [0.25, 0.3) is 88.3 Å². The second kappa shape index (κ2) is 16.1. The van der Waals surface area contributed by atoms with Gasteiger partial charge in [0, 0.05) is 22.5 Å². The predicted molar refractivity (Wildman–Crippen MR) is 281 cm³/mol. The summed E-state index contributed by atoms with van der Waals surface area (Å²) in [6.45, 7) is 4.77. The molecule has 0 N–H and O–H groups in total. The van der Waals surface area contributed by atoms with Gasteiger partial charge in [0.05, 0.1) is 0 Å². The quantitative estimate of drug-likeness (QED) is 0.147. The molecule has 1 aliphatic rings. The molecule has 1 aliphatic carbocycles. The Kier molecular flexibility index (Phi) is 9.58. The first-order valence-electron chi connectivity index (χ1n) is 23.0. The highest BCUT2D eigenvalue weighted by Gasteiger charge is 2.36. The van der Waals surface area contributed by atoms with Gasteiger partial charge in [-0.15, -0.1) is 0 Å². The highest BCUT2D eigenvalue weighted by Crippen LogP contribution is 2.52. The molecule has 0 heterocycles. The van der Waals surface area contributed by atoms with Crippen LogP contribution in [-0.4, -0.2) is 0 Å². The molecular formula is C65H47N. The van der Waals surface area contributed by atoms with Gasteiger partial charge in [-0.25, -0.2) is 0 Å². The van der Waals surface area contributed by atoms with Crippen LogP contribution in [0.15, 0.2) is 249 Å². The van der Waals surface area contributed by atoms with Crippen LogP contribution in [0.2, 0.25) is 0 Å². The van der Waals surface area contributed by atoms with Gasteiger partial charge in [0.1, 0.15) is 0 Å². The van der Waals surface area contributed by atoms with Gasteiger partial charge >= 0.3 is 0 Å². The Labute approximate surface area is 387 Å². The number of hydrogen-bond acceptors (Lipinski definition) is 1. The van der Waals surface area contributed by atoms with Crippen LogP contribution >= 0.6 is 0 Å². The molecule has 0 saturated heterocycles. The molecule has 312 valence electrons. The Morgan fingerprint density at radius 3 is 1.32 bits per heavy atom. The van der Waals surface area contributed by atoms with Gasteiger partial charge in [0.25, 0.3) is 0 Å². The third-order valence-electron chi connectivity index (χ3n) is 13.9. The molecule has 0 atom stereocenters. The normalized spacial score (nSPS) is 12.5. The lowest BCUT2D eigenvalue weighted by atomic mass is 9.81. The molecule has 0 fully saturated rings. The van der Waals surface area contributed by atoms with E-state index in [0.717, 1.165) is 17.1 Å². The van der Waals surface area contributed by atoms with Gasteiger partial charge in [-0.2, -0.15) is 0 Å². The van der Waals surface area contributed by atoms with E-state index in [1.165, 1.54) is 99.4 Å². The number of hydrogen-bond donors (Lipinski definition) is 0. The molecule has 66 heavy (non-hydrogen) atoms. The summed E-state index contributed by atoms with van der Waals surface area (Å²) in [5.74, 6) is 0. The van der Waals surface area contributed by atoms with Crippen LogP contribution < -0.4 is 4.90 Å². The Morgan fingerprint density at radius 1 is 0.258 bits per heavy atom. The summed E-state index contributed by atoms with van der Waals surface area (Å²) in [4.78, 5) is 2.41. The minimum Gasteiger partial charge on any atom is -0.310 e. The summed E-state index contributed by atoms with van der Waals surface area (Å²) >= 11 is 0. The summed E-state index contributed by atoms with van der Waals surface area (Å²) in [6, 6.07) is 91.3. The number of anilines is 3. The number of nitrogens with zero attached hydrogens (tertiary/aromatic N) is 1. The van der Waals surface area contributed by atoms with Crippen LogP contribution in [0.1, 0.15) is 25.0 Å². The third kappa shape index (κ3) is 6.98. The van der Waals surface area contributed by atoms with Crippen LogP contribution in [-0.2, 0) is 5.41 Å². The van der Waals surface area contributed by atoms with Crippen LogP contribution in [0.5, 0.6) is 0 Å². The first-order valence-corrected chi connectivity index (χ1v) is 23.0. The van der Waals surface area contributed by atoms with Crippen molar-refractivity contribution in [2.45, 2.75) is 19.3 Å². The molecule has 0 aromatic heterocycles. The van der Waals surface area contributed by atoms with E-state index in [0.29, 0.717) is 0 Å². The molecule has 0 amide bonds. The van der Waals surface area contributed by atoms with Crippen LogP contribution in [0.4, 0.5) is 17.1 Å². The number of fused-ring (bicyclic) bond motifs is 5. The molecule has 0 radical (unpaired) electrons. The highest BCUT2D eigenvalue weighted by atomic mass is 15.1. The van der Waals surface area contributed by atoms with Crippen LogP contribution in [0, 0.1) is 0 Å². The minimum atomic E-state index is -0.197. The van der Waals surface area contributed by atoms with E-state index in [-0.39, 0.29) is 5.41 Å². The molecule has 0 saturated carbocycles. The molecule has 11 aromatic rings. The average molecular weight is 842 g/mol. The Hall–Kier alpha value is -8.26. The molecule has 0 aliphatic heterocycles. The van der Waals surface area contributed by atoms with Crippen molar-refractivity contribution < 1.29 is 0 Å². The van der Waals surface area contributed by atoms with E-state index in [2.05, 4.69) is 267 Å². The molecular weight excluding hydrogens is 795 g/mol. The lowest BCUT2D eigenvalue weighted by molar-refractivity contribution is 0.660. The number of benzene rings is 11. The topological polar surface area (TPSA) is 3.24 Å². The van der Waals surface area contributed by atoms with E-state index in [9.17, 15) is 0 Å². The predicted octanol–water partition coefficient (Wildman–Crippen LogP) is 18.1. The first kappa shape index (κ1) is 39.3. The van der Waals surface area contributed by atoms with Gasteiger partial charge in [-0.1, -0.05) is 214 Å². The van der Waals surface area contributed by atoms with Crippen molar-refractivity contribution in [1.82, 2.24) is 0 Å². The van der Waals surface area contributed by atoms with Crippen molar-refractivity contribution in [1.29, 1.82) is 0 Å². The van der Waals surface area contributed by atoms with Gasteiger partial charge in [-0.05, 0) is 148 Å². The summed E-state index contributed by atoms with van der Waals surface area (Å²) in [7, 11) is 0. The fourth-order valence-electron chi connectivity index (χ4n) is 10.3. The van der Waals surface area contributed by atoms with E-state index in [1.807, 2.05) is 0 Å². The standard InChI is InChI=1S/C65H47N/c1-65(2)63-42-55(54-28-25-45-13-6-7-15-53(45)41-54)33-39-61(63)62-40-38-58(43-64(62)65)66(56-34-29-49(30-35-56)47-21-19-46(20-22-47)44-11-4-3-5-12-44)57-36-31-50(32-37-57)48-23-26-52(27-24-48)60-18-10-16-51-14-8-9-17-59(51)60/h3-43H,1-2H3. The van der Waals surface area contributed by atoms with Gasteiger partial charge in [0.15, 0.2) is 0 Å². The van der Waals surface area contributed by atoms with Crippen molar-refractivity contribution >= 4 is 38.6 Å². The summed E-state index contributed by atoms with van der Waals surface area (Å²) in [5, 5.41) is 5.06. The summed E-state index contributed by atoms with van der Waals surface area (Å²) in [6.07, 6.45) is 0. The van der Waals surface area contributed by atoms with E-state index < -0.39 is 0 Å². The minimum absolute atomic E-state index is 0.197. The van der Waals surface area contributed by atoms with E-state index in [1.54, 1.807) is 0 Å². The summed E-state index contributed by atoms with van der Waals surface area (Å²) in [5.41, 5.74) is 20.7. The van der Waals surface area contributed by atoms with E-state index >= 15 is 0 Å². The largest absolute Gasteiger partial charge is 0.310 e. The van der Waals surface area contributed by atoms with Gasteiger partial charge in [-0.3, -0.25) is 0 Å². The van der Waals surface area contributed by atoms with E-state index in [4.69, 9.17) is 0 Å². The van der Waals surface area contributed by atoms with Crippen molar-refractivity contribution in [3.05, 3.63) is 260 Å². The molecule has 0 unspecified atom stereocenters. The Bertz CT molecular complexity index is 3560. The average Bonchev–Trinajstić information content (AvgIpc) is 3.61. The number of rotatable bonds is 8. The molecule has 1 heteroatoms. The molecule has 11 aromatic carbocycles. The Morgan fingerprint density at radius 2 is 0.682 bits per heavy atom.